The van der Waals surface area contributed by atoms with Gasteiger partial charge in [0.1, 0.15) is 6.61 Å². The fourth-order valence-electron chi connectivity index (χ4n) is 8.90. The Hall–Kier alpha value is -5.15. The van der Waals surface area contributed by atoms with Crippen LogP contribution in [0.1, 0.15) is 258 Å². The Balaban J connectivity index is 4.01. The van der Waals surface area contributed by atoms with E-state index in [1.54, 1.807) is 0 Å². The van der Waals surface area contributed by atoms with Gasteiger partial charge in [-0.15, -0.1) is 0 Å². The van der Waals surface area contributed by atoms with Crippen molar-refractivity contribution in [3.05, 3.63) is 194 Å². The van der Waals surface area contributed by atoms with E-state index in [2.05, 4.69) is 208 Å². The lowest BCUT2D eigenvalue weighted by atomic mass is 10.0. The predicted molar refractivity (Wildman–Crippen MR) is 385 cm³/mol. The number of unbranched alkanes of at least 4 members (excludes halogenated alkanes) is 18. The molecule has 0 aromatic heterocycles. The van der Waals surface area contributed by atoms with Crippen molar-refractivity contribution in [1.82, 2.24) is 0 Å². The summed E-state index contributed by atoms with van der Waals surface area (Å²) in [6, 6.07) is 0. The van der Waals surface area contributed by atoms with Gasteiger partial charge in [0.05, 0.1) is 13.2 Å². The fraction of sp³-hybridized carbons (Fsp3) is 0.570. The quantitative estimate of drug-likeness (QED) is 0.0264. The van der Waals surface area contributed by atoms with Crippen LogP contribution in [0, 0.1) is 0 Å². The molecule has 0 amide bonds. The molecule has 0 radical (unpaired) electrons. The van der Waals surface area contributed by atoms with E-state index in [1.165, 1.54) is 57.8 Å². The second kappa shape index (κ2) is 71.9. The van der Waals surface area contributed by atoms with E-state index in [4.69, 9.17) is 24.3 Å². The van der Waals surface area contributed by atoms with E-state index in [-0.39, 0.29) is 32.6 Å². The molecule has 0 aliphatic carbocycles. The first kappa shape index (κ1) is 83.8. The summed E-state index contributed by atoms with van der Waals surface area (Å²) in [7, 11) is -4.41. The second-order valence-electron chi connectivity index (χ2n) is 22.3. The first-order valence-electron chi connectivity index (χ1n) is 34.9. The number of carbonyl (C=O) groups is 2. The molecule has 0 bridgehead atoms. The number of nitrogens with two attached hydrogens (primary N) is 1. The highest BCUT2D eigenvalue weighted by Crippen LogP contribution is 2.43. The number of allylic oxidation sites excluding steroid dienone is 32. The molecule has 0 fully saturated rings. The number of phosphoric acid groups is 1. The third kappa shape index (κ3) is 71.8. The van der Waals surface area contributed by atoms with Crippen LogP contribution < -0.4 is 5.73 Å². The number of phosphoric ester groups is 1. The molecule has 0 aliphatic rings. The predicted octanol–water partition coefficient (Wildman–Crippen LogP) is 23.3. The fourth-order valence-corrected chi connectivity index (χ4v) is 9.67. The molecule has 2 atom stereocenters. The molecule has 3 N–H and O–H groups in total. The van der Waals surface area contributed by atoms with Gasteiger partial charge in [-0.3, -0.25) is 18.6 Å². The van der Waals surface area contributed by atoms with Crippen molar-refractivity contribution in [2.24, 2.45) is 5.73 Å². The van der Waals surface area contributed by atoms with Crippen LogP contribution in [0.5, 0.6) is 0 Å². The van der Waals surface area contributed by atoms with Crippen LogP contribution in [-0.2, 0) is 32.7 Å². The van der Waals surface area contributed by atoms with Crippen LogP contribution >= 0.6 is 7.82 Å². The minimum atomic E-state index is -4.41. The molecule has 0 aliphatic heterocycles. The average molecular weight is 1250 g/mol. The van der Waals surface area contributed by atoms with Gasteiger partial charge in [0.15, 0.2) is 6.10 Å². The molecule has 500 valence electrons. The van der Waals surface area contributed by atoms with Crippen LogP contribution in [0.4, 0.5) is 0 Å². The van der Waals surface area contributed by atoms with Crippen molar-refractivity contribution < 1.29 is 37.6 Å². The van der Waals surface area contributed by atoms with Crippen LogP contribution in [0.3, 0.4) is 0 Å². The number of hydrogen-bond acceptors (Lipinski definition) is 8. The molecule has 10 heteroatoms. The molecule has 9 nitrogen and oxygen atoms in total. The third-order valence-electron chi connectivity index (χ3n) is 14.0. The molecule has 89 heavy (non-hydrogen) atoms. The van der Waals surface area contributed by atoms with Gasteiger partial charge in [-0.25, -0.2) is 4.57 Å². The van der Waals surface area contributed by atoms with Gasteiger partial charge in [0.25, 0.3) is 0 Å². The lowest BCUT2D eigenvalue weighted by Gasteiger charge is -2.19. The summed E-state index contributed by atoms with van der Waals surface area (Å²) in [6.07, 6.45) is 109. The zero-order chi connectivity index (χ0) is 64.4. The van der Waals surface area contributed by atoms with Crippen LogP contribution in [-0.4, -0.2) is 49.3 Å². The second-order valence-corrected chi connectivity index (χ2v) is 23.7. The summed E-state index contributed by atoms with van der Waals surface area (Å²) in [6.45, 7) is 3.49. The number of ether oxygens (including phenoxy) is 2. The summed E-state index contributed by atoms with van der Waals surface area (Å²) in [5.74, 6) is -0.855. The number of esters is 2. The van der Waals surface area contributed by atoms with Crippen molar-refractivity contribution in [3.8, 4) is 0 Å². The van der Waals surface area contributed by atoms with Gasteiger partial charge in [-0.05, 0) is 141 Å². The van der Waals surface area contributed by atoms with E-state index in [9.17, 15) is 19.0 Å². The van der Waals surface area contributed by atoms with Gasteiger partial charge in [-0.1, -0.05) is 298 Å². The molecule has 2 unspecified atom stereocenters. The van der Waals surface area contributed by atoms with Crippen LogP contribution in [0.25, 0.3) is 0 Å². The summed E-state index contributed by atoms with van der Waals surface area (Å²) in [4.78, 5) is 35.4. The Morgan fingerprint density at radius 1 is 0.337 bits per heavy atom. The van der Waals surface area contributed by atoms with Crippen molar-refractivity contribution in [2.75, 3.05) is 26.4 Å². The average Bonchev–Trinajstić information content (AvgIpc) is 3.58. The minimum Gasteiger partial charge on any atom is -0.462 e. The van der Waals surface area contributed by atoms with E-state index in [1.807, 2.05) is 0 Å². The molecule has 0 aromatic carbocycles. The summed E-state index contributed by atoms with van der Waals surface area (Å²) < 4.78 is 33.1. The lowest BCUT2D eigenvalue weighted by molar-refractivity contribution is -0.161. The Morgan fingerprint density at radius 2 is 0.584 bits per heavy atom. The van der Waals surface area contributed by atoms with Crippen molar-refractivity contribution in [1.29, 1.82) is 0 Å². The Bertz CT molecular complexity index is 2160. The first-order valence-corrected chi connectivity index (χ1v) is 36.4. The van der Waals surface area contributed by atoms with Crippen molar-refractivity contribution >= 4 is 19.8 Å². The third-order valence-corrected chi connectivity index (χ3v) is 15.0. The van der Waals surface area contributed by atoms with Crippen molar-refractivity contribution in [2.45, 2.75) is 264 Å². The summed E-state index contributed by atoms with van der Waals surface area (Å²) in [5.41, 5.74) is 5.40. The lowest BCUT2D eigenvalue weighted by Crippen LogP contribution is -2.29. The van der Waals surface area contributed by atoms with Crippen LogP contribution in [0.15, 0.2) is 194 Å². The number of hydrogen-bond donors (Lipinski definition) is 2. The van der Waals surface area contributed by atoms with Gasteiger partial charge < -0.3 is 20.1 Å². The highest BCUT2D eigenvalue weighted by Gasteiger charge is 2.26. The molecule has 0 rings (SSSR count). The molecule has 0 aromatic rings. The summed E-state index contributed by atoms with van der Waals surface area (Å²) in [5, 5.41) is 0. The largest absolute Gasteiger partial charge is 0.472 e. The maximum atomic E-state index is 12.8. The van der Waals surface area contributed by atoms with Gasteiger partial charge in [0.2, 0.25) is 0 Å². The zero-order valence-corrected chi connectivity index (χ0v) is 57.0. The number of rotatable bonds is 63. The maximum Gasteiger partial charge on any atom is 0.472 e. The molecule has 0 saturated heterocycles. The van der Waals surface area contributed by atoms with E-state index in [0.717, 1.165) is 167 Å². The smallest absolute Gasteiger partial charge is 0.462 e. The Morgan fingerprint density at radius 3 is 0.865 bits per heavy atom. The van der Waals surface area contributed by atoms with Gasteiger partial charge in [0, 0.05) is 19.4 Å². The first-order chi connectivity index (χ1) is 43.8. The van der Waals surface area contributed by atoms with Gasteiger partial charge in [-0.2, -0.15) is 0 Å². The van der Waals surface area contributed by atoms with Crippen LogP contribution in [0.2, 0.25) is 0 Å². The van der Waals surface area contributed by atoms with Crippen molar-refractivity contribution in [3.63, 3.8) is 0 Å². The number of carbonyl (C=O) groups excluding carboxylic acids is 2. The van der Waals surface area contributed by atoms with E-state index in [0.29, 0.717) is 6.42 Å². The summed E-state index contributed by atoms with van der Waals surface area (Å²) >= 11 is 0. The molecule has 0 saturated carbocycles. The standard InChI is InChI=1S/C79H126NO8P/c1-3-5-7-9-11-13-15-17-19-21-23-25-27-29-31-32-33-34-35-36-37-38-39-40-41-42-43-44-46-48-50-52-54-56-58-60-62-64-66-68-70-72-79(82)88-77(76-87-89(83,84)86-74-73-80)75-85-78(81)71-69-67-65-63-61-59-57-55-53-51-49-47-45-30-28-26-24-22-20-18-16-14-12-10-8-6-4-2/h5-8,11-14,17-20,23-26,29-31,33-34,36-37,39-40,42-43,45-46,48,52,54,77H,3-4,9-10,15-16,21-22,27-28,32,35,38,41,44,47,49-51,53,55-76,80H2,1-2H3,(H,83,84)/b7-5-,8-6-,13-11-,14-12-,19-17-,20-18-,25-23-,26-24-,31-29-,34-33-,37-36-,40-39-,43-42-,45-30-,48-46-,54-52-. The molecule has 0 heterocycles. The Kier molecular flexibility index (Phi) is 67.8. The highest BCUT2D eigenvalue weighted by molar-refractivity contribution is 7.47. The highest BCUT2D eigenvalue weighted by atomic mass is 31.2. The van der Waals surface area contributed by atoms with E-state index >= 15 is 0 Å². The van der Waals surface area contributed by atoms with Gasteiger partial charge >= 0.3 is 19.8 Å². The zero-order valence-electron chi connectivity index (χ0n) is 56.1. The monoisotopic (exact) mass is 1250 g/mol. The minimum absolute atomic E-state index is 0.0413. The molecule has 0 spiro atoms. The SMILES string of the molecule is CC/C=C\C/C=C\C/C=C\C/C=C\C/C=C\C/C=C\C/C=C\C/C=C\C/C=C\C/C=C\C/C=C\CCCCCCCCCC(=O)OC(COC(=O)CCCCCCCCCCCCC/C=C\C/C=C\C/C=C\C/C=C\C/C=C\CC)COP(=O)(O)OCCN. The molecular weight excluding hydrogens is 1120 g/mol. The maximum absolute atomic E-state index is 12.8. The molecular formula is C79H126NO8P. The van der Waals surface area contributed by atoms with E-state index < -0.39 is 32.5 Å². The Labute approximate surface area is 545 Å². The normalized spacial score (nSPS) is 14.2. The topological polar surface area (TPSA) is 134 Å².